The minimum atomic E-state index is -4.96. The van der Waals surface area contributed by atoms with E-state index in [1.807, 2.05) is 0 Å². The summed E-state index contributed by atoms with van der Waals surface area (Å²) >= 11 is 0. The molecule has 0 aliphatic rings. The molecule has 5 atom stereocenters. The minimum absolute atomic E-state index is 0.103. The summed E-state index contributed by atoms with van der Waals surface area (Å²) in [4.78, 5) is 72.9. The van der Waals surface area contributed by atoms with Crippen LogP contribution in [-0.4, -0.2) is 96.7 Å². The Morgan fingerprint density at radius 1 is 0.255 bits per heavy atom. The average molecular weight is 1440 g/mol. The van der Waals surface area contributed by atoms with Crippen molar-refractivity contribution >= 4 is 39.5 Å². The number of esters is 4. The Bertz CT molecular complexity index is 1920. The summed E-state index contributed by atoms with van der Waals surface area (Å²) < 4.78 is 68.6. The third-order valence-electron chi connectivity index (χ3n) is 18.3. The molecular weight excluding hydrogens is 1280 g/mol. The standard InChI is InChI=1S/C79H154O17P2/c1-69(2)55-47-39-31-24-20-16-12-9-10-14-19-23-27-37-45-53-61-78(83)95-74(65-89-76(81)59-51-43-35-26-22-18-15-11-13-17-21-25-32-40-48-56-70(3)4)67-93-97(85,86)91-63-73(80)64-92-98(87,88)94-68-75(96-79(84)62-54-46-38-30-34-42-50-58-72(7)8)66-90-77(82)60-52-44-36-29-28-33-41-49-57-71(5)6/h69-75,80H,9-68H2,1-8H3,(H,85,86)(H,87,88)/t73?,74-,75-/m1/s1. The normalized spacial score (nSPS) is 14.1. The van der Waals surface area contributed by atoms with E-state index < -0.39 is 97.5 Å². The van der Waals surface area contributed by atoms with Gasteiger partial charge in [-0.15, -0.1) is 0 Å². The van der Waals surface area contributed by atoms with Crippen molar-refractivity contribution in [3.05, 3.63) is 0 Å². The number of hydrogen-bond donors (Lipinski definition) is 3. The molecule has 0 heterocycles. The molecule has 0 radical (unpaired) electrons. The minimum Gasteiger partial charge on any atom is -0.462 e. The zero-order chi connectivity index (χ0) is 72.4. The van der Waals surface area contributed by atoms with Gasteiger partial charge >= 0.3 is 39.5 Å². The van der Waals surface area contributed by atoms with Crippen molar-refractivity contribution in [3.63, 3.8) is 0 Å². The zero-order valence-corrected chi connectivity index (χ0v) is 66.2. The maximum absolute atomic E-state index is 13.1. The van der Waals surface area contributed by atoms with Gasteiger partial charge in [-0.3, -0.25) is 37.3 Å². The highest BCUT2D eigenvalue weighted by Crippen LogP contribution is 2.45. The molecule has 0 spiro atoms. The maximum atomic E-state index is 13.1. The smallest absolute Gasteiger partial charge is 0.462 e. The van der Waals surface area contributed by atoms with Gasteiger partial charge in [0.15, 0.2) is 12.2 Å². The first kappa shape index (κ1) is 96.1. The van der Waals surface area contributed by atoms with Crippen molar-refractivity contribution in [2.75, 3.05) is 39.6 Å². The molecule has 0 aromatic heterocycles. The highest BCUT2D eigenvalue weighted by Gasteiger charge is 2.30. The fourth-order valence-electron chi connectivity index (χ4n) is 12.1. The predicted molar refractivity (Wildman–Crippen MR) is 400 cm³/mol. The molecule has 0 saturated carbocycles. The third kappa shape index (κ3) is 72.4. The zero-order valence-electron chi connectivity index (χ0n) is 64.4. The Kier molecular flexibility index (Phi) is 66.8. The van der Waals surface area contributed by atoms with E-state index >= 15 is 0 Å². The van der Waals surface area contributed by atoms with Crippen molar-refractivity contribution in [1.82, 2.24) is 0 Å². The number of phosphoric acid groups is 2. The quantitative estimate of drug-likeness (QED) is 0.0222. The summed E-state index contributed by atoms with van der Waals surface area (Å²) in [5.74, 6) is 0.918. The highest BCUT2D eigenvalue weighted by atomic mass is 31.2. The molecule has 98 heavy (non-hydrogen) atoms. The molecule has 0 amide bonds. The molecular formula is C79H154O17P2. The van der Waals surface area contributed by atoms with Crippen LogP contribution >= 0.6 is 15.6 Å². The fraction of sp³-hybridized carbons (Fsp3) is 0.949. The van der Waals surface area contributed by atoms with Crippen LogP contribution in [0.2, 0.25) is 0 Å². The Morgan fingerprint density at radius 3 is 0.633 bits per heavy atom. The molecule has 0 fully saturated rings. The summed E-state index contributed by atoms with van der Waals surface area (Å²) in [5.41, 5.74) is 0. The second-order valence-electron chi connectivity index (χ2n) is 30.4. The van der Waals surface area contributed by atoms with Crippen molar-refractivity contribution < 1.29 is 80.2 Å². The molecule has 582 valence electrons. The van der Waals surface area contributed by atoms with Gasteiger partial charge in [-0.2, -0.15) is 0 Å². The summed E-state index contributed by atoms with van der Waals surface area (Å²) in [6, 6.07) is 0. The first-order chi connectivity index (χ1) is 47.1. The number of unbranched alkanes of at least 4 members (excludes halogenated alkanes) is 42. The fourth-order valence-corrected chi connectivity index (χ4v) is 13.7. The molecule has 3 N–H and O–H groups in total. The molecule has 0 aromatic rings. The lowest BCUT2D eigenvalue weighted by Crippen LogP contribution is -2.30. The number of hydrogen-bond acceptors (Lipinski definition) is 15. The Labute approximate surface area is 600 Å². The van der Waals surface area contributed by atoms with Gasteiger partial charge in [-0.1, -0.05) is 351 Å². The van der Waals surface area contributed by atoms with E-state index in [4.69, 9.17) is 37.0 Å². The van der Waals surface area contributed by atoms with Crippen LogP contribution in [0.3, 0.4) is 0 Å². The molecule has 0 aliphatic carbocycles. The number of aliphatic hydroxyl groups is 1. The van der Waals surface area contributed by atoms with Gasteiger partial charge in [0.05, 0.1) is 26.4 Å². The van der Waals surface area contributed by atoms with Crippen molar-refractivity contribution in [3.8, 4) is 0 Å². The predicted octanol–water partition coefficient (Wildman–Crippen LogP) is 23.2. The Hall–Kier alpha value is -1.94. The number of aliphatic hydroxyl groups excluding tert-OH is 1. The Balaban J connectivity index is 5.22. The van der Waals surface area contributed by atoms with Crippen molar-refractivity contribution in [2.45, 2.75) is 420 Å². The van der Waals surface area contributed by atoms with Crippen LogP contribution in [0.25, 0.3) is 0 Å². The molecule has 0 saturated heterocycles. The van der Waals surface area contributed by atoms with Gasteiger partial charge in [-0.05, 0) is 49.4 Å². The monoisotopic (exact) mass is 1440 g/mol. The van der Waals surface area contributed by atoms with Crippen LogP contribution < -0.4 is 0 Å². The lowest BCUT2D eigenvalue weighted by molar-refractivity contribution is -0.161. The Morgan fingerprint density at radius 2 is 0.429 bits per heavy atom. The van der Waals surface area contributed by atoms with E-state index in [2.05, 4.69) is 55.4 Å². The molecule has 3 unspecified atom stereocenters. The van der Waals surface area contributed by atoms with E-state index in [1.165, 1.54) is 205 Å². The van der Waals surface area contributed by atoms with Crippen LogP contribution in [0.15, 0.2) is 0 Å². The third-order valence-corrected chi connectivity index (χ3v) is 20.2. The summed E-state index contributed by atoms with van der Waals surface area (Å²) in [6.07, 6.45) is 54.3. The van der Waals surface area contributed by atoms with Gasteiger partial charge in [-0.25, -0.2) is 9.13 Å². The van der Waals surface area contributed by atoms with Crippen molar-refractivity contribution in [2.24, 2.45) is 23.7 Å². The van der Waals surface area contributed by atoms with Gasteiger partial charge in [0, 0.05) is 25.7 Å². The first-order valence-electron chi connectivity index (χ1n) is 40.7. The first-order valence-corrected chi connectivity index (χ1v) is 43.7. The topological polar surface area (TPSA) is 237 Å². The van der Waals surface area contributed by atoms with Crippen LogP contribution in [0, 0.1) is 23.7 Å². The molecule has 0 bridgehead atoms. The van der Waals surface area contributed by atoms with Gasteiger partial charge in [0.2, 0.25) is 0 Å². The average Bonchev–Trinajstić information content (AvgIpc) is 0.989. The molecule has 0 rings (SSSR count). The van der Waals surface area contributed by atoms with Gasteiger partial charge in [0.25, 0.3) is 0 Å². The largest absolute Gasteiger partial charge is 0.472 e. The summed E-state index contributed by atoms with van der Waals surface area (Å²) in [5, 5.41) is 10.6. The van der Waals surface area contributed by atoms with Crippen LogP contribution in [0.4, 0.5) is 0 Å². The number of rotatable bonds is 76. The lowest BCUT2D eigenvalue weighted by atomic mass is 10.0. The number of carbonyl (C=O) groups is 4. The van der Waals surface area contributed by atoms with Crippen LogP contribution in [-0.2, 0) is 65.4 Å². The van der Waals surface area contributed by atoms with Crippen LogP contribution in [0.5, 0.6) is 0 Å². The SMILES string of the molecule is CC(C)CCCCCCCCCCCCCCCCCCC(=O)O[C@H](COC(=O)CCCCCCCCCCCCCCCCCC(C)C)COP(=O)(O)OCC(O)COP(=O)(O)OC[C@@H](COC(=O)CCCCCCCCCCC(C)C)OC(=O)CCCCCCCCCC(C)C. The lowest BCUT2D eigenvalue weighted by Gasteiger charge is -2.21. The number of phosphoric ester groups is 2. The molecule has 17 nitrogen and oxygen atoms in total. The second kappa shape index (κ2) is 68.2. The van der Waals surface area contributed by atoms with E-state index in [0.29, 0.717) is 31.6 Å². The van der Waals surface area contributed by atoms with Crippen molar-refractivity contribution in [1.29, 1.82) is 0 Å². The number of carbonyl (C=O) groups excluding carboxylic acids is 4. The van der Waals surface area contributed by atoms with Gasteiger partial charge < -0.3 is 33.8 Å². The van der Waals surface area contributed by atoms with Crippen LogP contribution in [0.1, 0.15) is 402 Å². The summed E-state index contributed by atoms with van der Waals surface area (Å²) in [6.45, 7) is 14.2. The van der Waals surface area contributed by atoms with Gasteiger partial charge in [0.1, 0.15) is 19.3 Å². The second-order valence-corrected chi connectivity index (χ2v) is 33.3. The molecule has 0 aromatic carbocycles. The maximum Gasteiger partial charge on any atom is 0.472 e. The highest BCUT2D eigenvalue weighted by molar-refractivity contribution is 7.47. The molecule has 0 aliphatic heterocycles. The van der Waals surface area contributed by atoms with E-state index in [0.717, 1.165) is 108 Å². The van der Waals surface area contributed by atoms with E-state index in [1.54, 1.807) is 0 Å². The summed E-state index contributed by atoms with van der Waals surface area (Å²) in [7, 11) is -9.92. The molecule has 19 heteroatoms. The number of ether oxygens (including phenoxy) is 4. The van der Waals surface area contributed by atoms with E-state index in [-0.39, 0.29) is 25.7 Å². The van der Waals surface area contributed by atoms with E-state index in [9.17, 15) is 43.2 Å².